The summed E-state index contributed by atoms with van der Waals surface area (Å²) in [6.07, 6.45) is 2.92. The first-order chi connectivity index (χ1) is 11.3. The molecule has 2 aromatic carbocycles. The largest absolute Gasteiger partial charge is 0.497 e. The van der Waals surface area contributed by atoms with Gasteiger partial charge >= 0.3 is 0 Å². The lowest BCUT2D eigenvalue weighted by Gasteiger charge is -2.05. The van der Waals surface area contributed by atoms with Gasteiger partial charge in [-0.2, -0.15) is 0 Å². The number of ether oxygens (including phenoxy) is 1. The third-order valence-corrected chi connectivity index (χ3v) is 4.21. The van der Waals surface area contributed by atoms with Crippen LogP contribution >= 0.6 is 0 Å². The van der Waals surface area contributed by atoms with Crippen molar-refractivity contribution in [3.05, 3.63) is 70.3 Å². The molecular formula is C19H16N2O2. The van der Waals surface area contributed by atoms with Crippen molar-refractivity contribution in [1.29, 1.82) is 0 Å². The zero-order chi connectivity index (χ0) is 15.8. The van der Waals surface area contributed by atoms with Crippen LogP contribution in [0.25, 0.3) is 22.6 Å². The van der Waals surface area contributed by atoms with Crippen molar-refractivity contribution < 1.29 is 4.74 Å². The molecule has 0 N–H and O–H groups in total. The van der Waals surface area contributed by atoms with Crippen LogP contribution in [-0.4, -0.2) is 16.7 Å². The average molecular weight is 304 g/mol. The molecule has 4 heteroatoms. The van der Waals surface area contributed by atoms with Gasteiger partial charge in [-0.15, -0.1) is 0 Å². The van der Waals surface area contributed by atoms with Crippen molar-refractivity contribution in [2.75, 3.05) is 7.11 Å². The van der Waals surface area contributed by atoms with E-state index in [4.69, 9.17) is 9.72 Å². The van der Waals surface area contributed by atoms with Crippen LogP contribution in [0, 0.1) is 0 Å². The number of benzene rings is 2. The zero-order valence-corrected chi connectivity index (χ0v) is 12.8. The third-order valence-electron chi connectivity index (χ3n) is 4.21. The highest BCUT2D eigenvalue weighted by molar-refractivity contribution is 5.84. The van der Waals surface area contributed by atoms with E-state index in [9.17, 15) is 4.79 Å². The van der Waals surface area contributed by atoms with Crippen LogP contribution < -0.4 is 10.3 Å². The van der Waals surface area contributed by atoms with Crippen LogP contribution in [0.4, 0.5) is 0 Å². The molecule has 0 radical (unpaired) electrons. The molecule has 4 nitrogen and oxygen atoms in total. The molecule has 0 aliphatic carbocycles. The molecule has 0 unspecified atom stereocenters. The van der Waals surface area contributed by atoms with E-state index in [-0.39, 0.29) is 5.56 Å². The lowest BCUT2D eigenvalue weighted by molar-refractivity contribution is 0.415. The summed E-state index contributed by atoms with van der Waals surface area (Å²) in [5.74, 6) is 1.61. The Balaban J connectivity index is 1.83. The highest BCUT2D eigenvalue weighted by atomic mass is 16.5. The number of aromatic nitrogens is 2. The van der Waals surface area contributed by atoms with Crippen LogP contribution in [0.3, 0.4) is 0 Å². The summed E-state index contributed by atoms with van der Waals surface area (Å²) >= 11 is 0. The Hall–Kier alpha value is -2.88. The molecule has 1 aliphatic rings. The first-order valence-corrected chi connectivity index (χ1v) is 7.61. The molecule has 0 fully saturated rings. The summed E-state index contributed by atoms with van der Waals surface area (Å²) < 4.78 is 6.96. The number of fused-ring (bicyclic) bond motifs is 2. The highest BCUT2D eigenvalue weighted by Gasteiger charge is 2.20. The first-order valence-electron chi connectivity index (χ1n) is 7.61. The van der Waals surface area contributed by atoms with Crippen molar-refractivity contribution in [3.8, 4) is 5.75 Å². The van der Waals surface area contributed by atoms with Gasteiger partial charge in [0.15, 0.2) is 0 Å². The molecule has 0 saturated carbocycles. The van der Waals surface area contributed by atoms with Crippen LogP contribution in [0.5, 0.6) is 5.75 Å². The highest BCUT2D eigenvalue weighted by Crippen LogP contribution is 2.27. The second kappa shape index (κ2) is 5.39. The monoisotopic (exact) mass is 304 g/mol. The number of hydrogen-bond donors (Lipinski definition) is 0. The Morgan fingerprint density at radius 3 is 2.70 bits per heavy atom. The Bertz CT molecular complexity index is 969. The normalized spacial score (nSPS) is 15.1. The molecule has 0 saturated heterocycles. The van der Waals surface area contributed by atoms with Gasteiger partial charge in [0.1, 0.15) is 11.6 Å². The van der Waals surface area contributed by atoms with E-state index in [0.29, 0.717) is 11.9 Å². The second-order valence-electron chi connectivity index (χ2n) is 5.60. The van der Waals surface area contributed by atoms with E-state index >= 15 is 0 Å². The van der Waals surface area contributed by atoms with Crippen molar-refractivity contribution in [2.24, 2.45) is 0 Å². The van der Waals surface area contributed by atoms with Gasteiger partial charge < -0.3 is 4.74 Å². The molecule has 23 heavy (non-hydrogen) atoms. The van der Waals surface area contributed by atoms with Gasteiger partial charge in [-0.1, -0.05) is 24.3 Å². The number of methoxy groups -OCH3 is 1. The van der Waals surface area contributed by atoms with Gasteiger partial charge in [-0.3, -0.25) is 9.36 Å². The van der Waals surface area contributed by atoms with E-state index in [0.717, 1.165) is 34.6 Å². The van der Waals surface area contributed by atoms with E-state index in [1.807, 2.05) is 48.5 Å². The van der Waals surface area contributed by atoms with Crippen molar-refractivity contribution >= 4 is 22.6 Å². The number of hydrogen-bond acceptors (Lipinski definition) is 3. The van der Waals surface area contributed by atoms with Gasteiger partial charge in [0.25, 0.3) is 5.56 Å². The van der Waals surface area contributed by atoms with E-state index in [2.05, 4.69) is 6.08 Å². The smallest absolute Gasteiger partial charge is 0.261 e. The van der Waals surface area contributed by atoms with Crippen molar-refractivity contribution in [3.63, 3.8) is 0 Å². The molecule has 1 aromatic heterocycles. The number of para-hydroxylation sites is 1. The minimum Gasteiger partial charge on any atom is -0.497 e. The van der Waals surface area contributed by atoms with Gasteiger partial charge in [0.2, 0.25) is 0 Å². The number of nitrogens with zero attached hydrogens (tertiary/aromatic N) is 2. The SMILES string of the molecule is COc1ccc(C=C2CCn3c2nc2ccccc2c3=O)cc1. The van der Waals surface area contributed by atoms with Crippen LogP contribution in [0.1, 0.15) is 17.8 Å². The van der Waals surface area contributed by atoms with E-state index < -0.39 is 0 Å². The predicted octanol–water partition coefficient (Wildman–Crippen LogP) is 3.35. The average Bonchev–Trinajstić information content (AvgIpc) is 2.99. The van der Waals surface area contributed by atoms with Crippen molar-refractivity contribution in [1.82, 2.24) is 9.55 Å². The van der Waals surface area contributed by atoms with Crippen molar-refractivity contribution in [2.45, 2.75) is 13.0 Å². The fourth-order valence-electron chi connectivity index (χ4n) is 3.00. The van der Waals surface area contributed by atoms with Gasteiger partial charge in [0, 0.05) is 6.54 Å². The second-order valence-corrected chi connectivity index (χ2v) is 5.60. The van der Waals surface area contributed by atoms with E-state index in [1.54, 1.807) is 11.7 Å². The summed E-state index contributed by atoms with van der Waals surface area (Å²) in [6, 6.07) is 15.4. The molecule has 0 amide bonds. The fraction of sp³-hybridized carbons (Fsp3) is 0.158. The predicted molar refractivity (Wildman–Crippen MR) is 91.5 cm³/mol. The quantitative estimate of drug-likeness (QED) is 0.729. The Morgan fingerprint density at radius 1 is 1.13 bits per heavy atom. The summed E-state index contributed by atoms with van der Waals surface area (Å²) in [4.78, 5) is 17.3. The summed E-state index contributed by atoms with van der Waals surface area (Å²) in [5, 5.41) is 0.682. The topological polar surface area (TPSA) is 44.1 Å². The number of allylic oxidation sites excluding steroid dienone is 1. The van der Waals surface area contributed by atoms with Crippen LogP contribution in [0.15, 0.2) is 53.3 Å². The minimum absolute atomic E-state index is 0.0451. The Kier molecular flexibility index (Phi) is 3.23. The number of rotatable bonds is 2. The Morgan fingerprint density at radius 2 is 1.91 bits per heavy atom. The summed E-state index contributed by atoms with van der Waals surface area (Å²) in [7, 11) is 1.65. The molecule has 3 aromatic rings. The van der Waals surface area contributed by atoms with E-state index in [1.165, 1.54) is 0 Å². The molecule has 2 heterocycles. The zero-order valence-electron chi connectivity index (χ0n) is 12.8. The van der Waals surface area contributed by atoms with Gasteiger partial charge in [-0.25, -0.2) is 4.98 Å². The minimum atomic E-state index is 0.0451. The molecule has 4 rings (SSSR count). The molecule has 1 aliphatic heterocycles. The lowest BCUT2D eigenvalue weighted by Crippen LogP contribution is -2.20. The fourth-order valence-corrected chi connectivity index (χ4v) is 3.00. The lowest BCUT2D eigenvalue weighted by atomic mass is 10.1. The standard InChI is InChI=1S/C19H16N2O2/c1-23-15-8-6-13(7-9-15)12-14-10-11-21-18(14)20-17-5-3-2-4-16(17)19(21)22/h2-9,12H,10-11H2,1H3. The molecule has 0 spiro atoms. The van der Waals surface area contributed by atoms with Crippen LogP contribution in [0.2, 0.25) is 0 Å². The maximum atomic E-state index is 12.6. The molecule has 114 valence electrons. The maximum absolute atomic E-state index is 12.6. The first kappa shape index (κ1) is 13.8. The maximum Gasteiger partial charge on any atom is 0.261 e. The molecule has 0 bridgehead atoms. The molecule has 0 atom stereocenters. The third kappa shape index (κ3) is 2.32. The van der Waals surface area contributed by atoms with Gasteiger partial charge in [-0.05, 0) is 47.9 Å². The molecular weight excluding hydrogens is 288 g/mol. The van der Waals surface area contributed by atoms with Gasteiger partial charge in [0.05, 0.1) is 18.0 Å². The van der Waals surface area contributed by atoms with Crippen LogP contribution in [-0.2, 0) is 6.54 Å². The summed E-state index contributed by atoms with van der Waals surface area (Å²) in [6.45, 7) is 0.688. The summed E-state index contributed by atoms with van der Waals surface area (Å²) in [5.41, 5.74) is 2.98. The Labute approximate surface area is 133 Å².